The lowest BCUT2D eigenvalue weighted by molar-refractivity contribution is 0.0243. The summed E-state index contributed by atoms with van der Waals surface area (Å²) in [6, 6.07) is 0. The van der Waals surface area contributed by atoms with E-state index in [2.05, 4.69) is 0 Å². The van der Waals surface area contributed by atoms with Crippen LogP contribution in [-0.4, -0.2) is 30.0 Å². The molecule has 2 rings (SSSR count). The summed E-state index contributed by atoms with van der Waals surface area (Å²) in [5, 5.41) is 9.22. The van der Waals surface area contributed by atoms with Crippen LogP contribution in [0.4, 0.5) is 0 Å². The van der Waals surface area contributed by atoms with Crippen LogP contribution in [0.2, 0.25) is 0 Å². The molecular formula is C14H27NO2. The molecule has 0 spiro atoms. The molecule has 0 saturated heterocycles. The highest BCUT2D eigenvalue weighted by Crippen LogP contribution is 2.31. The largest absolute Gasteiger partial charge is 0.394 e. The fraction of sp³-hybridized carbons (Fsp3) is 1.00. The van der Waals surface area contributed by atoms with Crippen molar-refractivity contribution < 1.29 is 9.84 Å². The zero-order valence-electron chi connectivity index (χ0n) is 10.9. The number of aliphatic hydroxyl groups is 1. The van der Waals surface area contributed by atoms with Gasteiger partial charge in [0, 0.05) is 12.1 Å². The zero-order valence-corrected chi connectivity index (χ0v) is 10.9. The van der Waals surface area contributed by atoms with Crippen molar-refractivity contribution in [1.82, 2.24) is 0 Å². The van der Waals surface area contributed by atoms with E-state index >= 15 is 0 Å². The Morgan fingerprint density at radius 3 is 2.41 bits per heavy atom. The smallest absolute Gasteiger partial charge is 0.0612 e. The van der Waals surface area contributed by atoms with E-state index in [1.165, 1.54) is 38.5 Å². The van der Waals surface area contributed by atoms with Gasteiger partial charge in [0.25, 0.3) is 0 Å². The van der Waals surface area contributed by atoms with E-state index in [-0.39, 0.29) is 18.2 Å². The molecule has 2 aliphatic carbocycles. The molecular weight excluding hydrogens is 214 g/mol. The number of aliphatic hydroxyl groups excluding tert-OH is 1. The third-order valence-electron chi connectivity index (χ3n) is 4.46. The Balaban J connectivity index is 1.68. The molecule has 100 valence electrons. The van der Waals surface area contributed by atoms with Crippen molar-refractivity contribution in [3.05, 3.63) is 0 Å². The Morgan fingerprint density at radius 2 is 1.82 bits per heavy atom. The lowest BCUT2D eigenvalue weighted by Gasteiger charge is -2.22. The maximum absolute atomic E-state index is 9.22. The van der Waals surface area contributed by atoms with Crippen molar-refractivity contribution in [2.24, 2.45) is 11.7 Å². The highest BCUT2D eigenvalue weighted by molar-refractivity contribution is 4.93. The van der Waals surface area contributed by atoms with Gasteiger partial charge in [0.1, 0.15) is 0 Å². The topological polar surface area (TPSA) is 55.5 Å². The summed E-state index contributed by atoms with van der Waals surface area (Å²) in [6.07, 6.45) is 11.2. The molecule has 3 N–H and O–H groups in total. The highest BCUT2D eigenvalue weighted by Gasteiger charge is 2.35. The van der Waals surface area contributed by atoms with Crippen LogP contribution in [0.15, 0.2) is 0 Å². The quantitative estimate of drug-likeness (QED) is 0.742. The first-order valence-electron chi connectivity index (χ1n) is 7.23. The Labute approximate surface area is 105 Å². The van der Waals surface area contributed by atoms with Crippen LogP contribution in [0.5, 0.6) is 0 Å². The van der Waals surface area contributed by atoms with E-state index in [4.69, 9.17) is 10.5 Å². The van der Waals surface area contributed by atoms with E-state index in [9.17, 15) is 5.11 Å². The molecule has 17 heavy (non-hydrogen) atoms. The average Bonchev–Trinajstić information content (AvgIpc) is 2.55. The van der Waals surface area contributed by atoms with Gasteiger partial charge in [0.2, 0.25) is 0 Å². The van der Waals surface area contributed by atoms with Gasteiger partial charge in [-0.2, -0.15) is 0 Å². The lowest BCUT2D eigenvalue weighted by atomic mass is 10.0. The standard InChI is InChI=1S/C14H27NO2/c15-14(11-16)8-7-13(9-14)17-10-12-5-3-1-2-4-6-12/h12-13,16H,1-11,15H2. The van der Waals surface area contributed by atoms with Crippen LogP contribution in [0, 0.1) is 5.92 Å². The van der Waals surface area contributed by atoms with Gasteiger partial charge in [0.15, 0.2) is 0 Å². The minimum absolute atomic E-state index is 0.0935. The van der Waals surface area contributed by atoms with Gasteiger partial charge in [-0.05, 0) is 38.0 Å². The fourth-order valence-electron chi connectivity index (χ4n) is 3.19. The minimum atomic E-state index is -0.367. The van der Waals surface area contributed by atoms with E-state index < -0.39 is 0 Å². The summed E-state index contributed by atoms with van der Waals surface area (Å²) in [6.45, 7) is 1.00. The van der Waals surface area contributed by atoms with Crippen LogP contribution >= 0.6 is 0 Å². The van der Waals surface area contributed by atoms with E-state index in [1.54, 1.807) is 0 Å². The number of nitrogens with two attached hydrogens (primary N) is 1. The van der Waals surface area contributed by atoms with Crippen LogP contribution in [0.1, 0.15) is 57.8 Å². The molecule has 0 aromatic carbocycles. The van der Waals surface area contributed by atoms with Gasteiger partial charge < -0.3 is 15.6 Å². The van der Waals surface area contributed by atoms with Gasteiger partial charge >= 0.3 is 0 Å². The molecule has 0 radical (unpaired) electrons. The number of rotatable bonds is 4. The molecule has 0 amide bonds. The van der Waals surface area contributed by atoms with Crippen molar-refractivity contribution in [1.29, 1.82) is 0 Å². The molecule has 2 atom stereocenters. The maximum atomic E-state index is 9.22. The lowest BCUT2D eigenvalue weighted by Crippen LogP contribution is -2.41. The van der Waals surface area contributed by atoms with Gasteiger partial charge in [0.05, 0.1) is 12.7 Å². The van der Waals surface area contributed by atoms with Gasteiger partial charge in [-0.15, -0.1) is 0 Å². The third kappa shape index (κ3) is 3.94. The fourth-order valence-corrected chi connectivity index (χ4v) is 3.19. The second-order valence-corrected chi connectivity index (χ2v) is 6.08. The van der Waals surface area contributed by atoms with Crippen molar-refractivity contribution in [2.75, 3.05) is 13.2 Å². The van der Waals surface area contributed by atoms with Crippen LogP contribution in [-0.2, 0) is 4.74 Å². The molecule has 2 fully saturated rings. The van der Waals surface area contributed by atoms with Gasteiger partial charge in [-0.1, -0.05) is 25.7 Å². The van der Waals surface area contributed by atoms with Gasteiger partial charge in [-0.25, -0.2) is 0 Å². The first kappa shape index (κ1) is 13.3. The predicted octanol–water partition coefficient (Wildman–Crippen LogP) is 2.22. The Morgan fingerprint density at radius 1 is 1.12 bits per heavy atom. The SMILES string of the molecule is NC1(CO)CCC(OCC2CCCCCC2)C1. The van der Waals surface area contributed by atoms with Crippen molar-refractivity contribution in [3.8, 4) is 0 Å². The summed E-state index contributed by atoms with van der Waals surface area (Å²) in [5.74, 6) is 0.763. The average molecular weight is 241 g/mol. The molecule has 0 aromatic rings. The second kappa shape index (κ2) is 6.17. The van der Waals surface area contributed by atoms with Crippen molar-refractivity contribution in [3.63, 3.8) is 0 Å². The van der Waals surface area contributed by atoms with Crippen molar-refractivity contribution in [2.45, 2.75) is 69.4 Å². The minimum Gasteiger partial charge on any atom is -0.394 e. The molecule has 2 aliphatic rings. The van der Waals surface area contributed by atoms with E-state index in [0.717, 1.165) is 31.8 Å². The molecule has 0 aliphatic heterocycles. The first-order chi connectivity index (χ1) is 8.22. The van der Waals surface area contributed by atoms with Gasteiger partial charge in [-0.3, -0.25) is 0 Å². The molecule has 2 unspecified atom stereocenters. The first-order valence-corrected chi connectivity index (χ1v) is 7.23. The summed E-state index contributed by atoms with van der Waals surface area (Å²) < 4.78 is 6.00. The number of hydrogen-bond donors (Lipinski definition) is 2. The Bertz CT molecular complexity index is 226. The van der Waals surface area contributed by atoms with E-state index in [0.29, 0.717) is 0 Å². The monoisotopic (exact) mass is 241 g/mol. The summed E-state index contributed by atoms with van der Waals surface area (Å²) >= 11 is 0. The zero-order chi connectivity index (χ0) is 12.1. The Kier molecular flexibility index (Phi) is 4.83. The van der Waals surface area contributed by atoms with E-state index in [1.807, 2.05) is 0 Å². The highest BCUT2D eigenvalue weighted by atomic mass is 16.5. The number of ether oxygens (including phenoxy) is 1. The maximum Gasteiger partial charge on any atom is 0.0612 e. The summed E-state index contributed by atoms with van der Waals surface area (Å²) in [7, 11) is 0. The summed E-state index contributed by atoms with van der Waals surface area (Å²) in [4.78, 5) is 0. The van der Waals surface area contributed by atoms with Crippen LogP contribution < -0.4 is 5.73 Å². The molecule has 0 bridgehead atoms. The Hall–Kier alpha value is -0.120. The number of hydrogen-bond acceptors (Lipinski definition) is 3. The normalized spacial score (nSPS) is 36.0. The third-order valence-corrected chi connectivity index (χ3v) is 4.46. The predicted molar refractivity (Wildman–Crippen MR) is 68.8 cm³/mol. The molecule has 0 aromatic heterocycles. The van der Waals surface area contributed by atoms with Crippen LogP contribution in [0.3, 0.4) is 0 Å². The molecule has 3 nitrogen and oxygen atoms in total. The molecule has 2 saturated carbocycles. The van der Waals surface area contributed by atoms with Crippen molar-refractivity contribution >= 4 is 0 Å². The second-order valence-electron chi connectivity index (χ2n) is 6.08. The van der Waals surface area contributed by atoms with Crippen LogP contribution in [0.25, 0.3) is 0 Å². The molecule has 0 heterocycles. The summed E-state index contributed by atoms with van der Waals surface area (Å²) in [5.41, 5.74) is 5.69. The molecule has 3 heteroatoms.